The highest BCUT2D eigenvalue weighted by Gasteiger charge is 2.23. The number of hydrazine groups is 1. The summed E-state index contributed by atoms with van der Waals surface area (Å²) in [5, 5.41) is 11.3. The lowest BCUT2D eigenvalue weighted by Crippen LogP contribution is -2.33. The molecular formula is C29H36N4O4. The van der Waals surface area contributed by atoms with Gasteiger partial charge in [0, 0.05) is 38.2 Å². The molecule has 4 heterocycles. The number of anilines is 2. The number of nitrogen functional groups attached to an aromatic ring is 1. The van der Waals surface area contributed by atoms with Crippen LogP contribution >= 0.6 is 0 Å². The van der Waals surface area contributed by atoms with Crippen molar-refractivity contribution in [2.45, 2.75) is 32.3 Å². The minimum atomic E-state index is -0.952. The van der Waals surface area contributed by atoms with Gasteiger partial charge in [-0.05, 0) is 59.4 Å². The number of amides is 1. The van der Waals surface area contributed by atoms with Gasteiger partial charge in [-0.1, -0.05) is 43.5 Å². The van der Waals surface area contributed by atoms with Gasteiger partial charge in [-0.2, -0.15) is 0 Å². The smallest absolute Gasteiger partial charge is 0.304 e. The average molecular weight is 505 g/mol. The molecule has 0 radical (unpaired) electrons. The van der Waals surface area contributed by atoms with Gasteiger partial charge >= 0.3 is 5.97 Å². The van der Waals surface area contributed by atoms with Crippen LogP contribution < -0.4 is 16.6 Å². The predicted molar refractivity (Wildman–Crippen MR) is 147 cm³/mol. The van der Waals surface area contributed by atoms with E-state index >= 15 is 0 Å². The predicted octanol–water partition coefficient (Wildman–Crippen LogP) is 4.18. The zero-order chi connectivity index (χ0) is 27.1. The molecule has 0 fully saturated rings. The molecule has 196 valence electrons. The number of allylic oxidation sites excluding steroid dienone is 2. The van der Waals surface area contributed by atoms with Crippen LogP contribution in [0.2, 0.25) is 0 Å². The number of benzene rings is 2. The second-order valence-corrected chi connectivity index (χ2v) is 9.33. The van der Waals surface area contributed by atoms with Crippen LogP contribution in [0.1, 0.15) is 45.8 Å². The Kier molecular flexibility index (Phi) is 9.27. The quantitative estimate of drug-likeness (QED) is 0.423. The molecule has 8 heteroatoms. The molecule has 8 nitrogen and oxygen atoms in total. The molecular weight excluding hydrogens is 468 g/mol. The summed E-state index contributed by atoms with van der Waals surface area (Å²) in [5.41, 5.74) is 12.0. The van der Waals surface area contributed by atoms with Crippen molar-refractivity contribution >= 4 is 23.3 Å². The van der Waals surface area contributed by atoms with Crippen LogP contribution in [0.15, 0.2) is 72.9 Å². The van der Waals surface area contributed by atoms with Gasteiger partial charge < -0.3 is 25.5 Å². The maximum atomic E-state index is 13.0. The fraction of sp³-hybridized carbons (Fsp3) is 0.310. The van der Waals surface area contributed by atoms with E-state index in [-0.39, 0.29) is 18.9 Å². The van der Waals surface area contributed by atoms with Crippen molar-refractivity contribution in [3.8, 4) is 0 Å². The van der Waals surface area contributed by atoms with E-state index in [9.17, 15) is 14.7 Å². The molecule has 4 aliphatic heterocycles. The Morgan fingerprint density at radius 1 is 1.24 bits per heavy atom. The van der Waals surface area contributed by atoms with Crippen LogP contribution in [0, 0.1) is 6.92 Å². The van der Waals surface area contributed by atoms with Gasteiger partial charge in [-0.15, -0.1) is 0 Å². The number of aliphatic carboxylic acids is 1. The molecule has 0 saturated carbocycles. The fourth-order valence-corrected chi connectivity index (χ4v) is 4.51. The standard InChI is InChI=1S/C29H36N4O4/c1-5-22-15-19(2)17-32(4)29(36)23-9-7-21(8-10-23)18-37-14-6-13-33(31)26-12-11-24(20(3)28(26)30)25(22)16-27(34)35/h5,7-12,15,25H,1-2,6,13-14,16-18,30-31H2,3-4H3,(H,34,35)/b22-15+. The minimum absolute atomic E-state index is 0.141. The van der Waals surface area contributed by atoms with E-state index in [1.54, 1.807) is 41.2 Å². The highest BCUT2D eigenvalue weighted by molar-refractivity contribution is 5.94. The number of hydrogen-bond donors (Lipinski definition) is 3. The first-order chi connectivity index (χ1) is 17.6. The second-order valence-electron chi connectivity index (χ2n) is 9.33. The molecule has 0 spiro atoms. The summed E-state index contributed by atoms with van der Waals surface area (Å²) < 4.78 is 5.79. The number of nitrogens with two attached hydrogens (primary N) is 2. The molecule has 2 aromatic rings. The third-order valence-electron chi connectivity index (χ3n) is 6.55. The van der Waals surface area contributed by atoms with E-state index in [0.717, 1.165) is 16.7 Å². The second kappa shape index (κ2) is 12.4. The zero-order valence-corrected chi connectivity index (χ0v) is 21.6. The van der Waals surface area contributed by atoms with Crippen molar-refractivity contribution in [3.05, 3.63) is 95.1 Å². The zero-order valence-electron chi connectivity index (χ0n) is 21.6. The van der Waals surface area contributed by atoms with Gasteiger partial charge in [-0.25, -0.2) is 5.84 Å². The van der Waals surface area contributed by atoms with E-state index in [0.29, 0.717) is 54.3 Å². The summed E-state index contributed by atoms with van der Waals surface area (Å²) in [6.07, 6.45) is 3.96. The van der Waals surface area contributed by atoms with Gasteiger partial charge in [0.2, 0.25) is 0 Å². The molecule has 6 rings (SSSR count). The molecule has 4 aliphatic rings. The Hall–Kier alpha value is -3.88. The minimum Gasteiger partial charge on any atom is -0.481 e. The van der Waals surface area contributed by atoms with Crippen molar-refractivity contribution in [3.63, 3.8) is 0 Å². The number of carboxylic acids is 1. The Morgan fingerprint density at radius 3 is 2.59 bits per heavy atom. The molecule has 5 N–H and O–H groups in total. The third kappa shape index (κ3) is 6.87. The SMILES string of the molecule is C=C/C1=C\C(=C)CN(C)C(=O)c2ccc(cc2)COCCCN(N)c2ccc(c(C)c2N)C1CC(=O)O. The summed E-state index contributed by atoms with van der Waals surface area (Å²) in [7, 11) is 1.71. The van der Waals surface area contributed by atoms with Crippen LogP contribution in [0.4, 0.5) is 11.4 Å². The summed E-state index contributed by atoms with van der Waals surface area (Å²) in [5.74, 6) is 4.71. The van der Waals surface area contributed by atoms with Crippen LogP contribution in [0.5, 0.6) is 0 Å². The molecule has 0 saturated heterocycles. The van der Waals surface area contributed by atoms with E-state index in [4.69, 9.17) is 16.3 Å². The van der Waals surface area contributed by atoms with E-state index in [1.807, 2.05) is 31.2 Å². The van der Waals surface area contributed by atoms with Crippen LogP contribution in [-0.2, 0) is 16.1 Å². The summed E-state index contributed by atoms with van der Waals surface area (Å²) in [6, 6.07) is 11.0. The number of carbonyl (C=O) groups excluding carboxylic acids is 1. The Labute approximate surface area is 218 Å². The lowest BCUT2D eigenvalue weighted by Gasteiger charge is -2.26. The number of rotatable bonds is 3. The molecule has 0 aromatic heterocycles. The van der Waals surface area contributed by atoms with Gasteiger partial charge in [-0.3, -0.25) is 9.59 Å². The molecule has 1 atom stereocenters. The molecule has 2 aromatic carbocycles. The van der Waals surface area contributed by atoms with Crippen LogP contribution in [0.3, 0.4) is 0 Å². The molecule has 37 heavy (non-hydrogen) atoms. The third-order valence-corrected chi connectivity index (χ3v) is 6.55. The van der Waals surface area contributed by atoms with E-state index in [2.05, 4.69) is 13.2 Å². The molecule has 1 amide bonds. The number of likely N-dealkylation sites (N-methyl/N-ethyl adjacent to an activating group) is 1. The van der Waals surface area contributed by atoms with Crippen molar-refractivity contribution in [2.75, 3.05) is 37.5 Å². The maximum Gasteiger partial charge on any atom is 0.304 e. The number of ether oxygens (including phenoxy) is 1. The van der Waals surface area contributed by atoms with Gasteiger partial charge in [0.05, 0.1) is 24.4 Å². The molecule has 0 aliphatic carbocycles. The van der Waals surface area contributed by atoms with Gasteiger partial charge in [0.1, 0.15) is 0 Å². The largest absolute Gasteiger partial charge is 0.481 e. The van der Waals surface area contributed by atoms with Crippen molar-refractivity contribution in [1.29, 1.82) is 0 Å². The van der Waals surface area contributed by atoms with E-state index in [1.165, 1.54) is 0 Å². The first-order valence-electron chi connectivity index (χ1n) is 12.2. The topological polar surface area (TPSA) is 122 Å². The number of carbonyl (C=O) groups is 2. The Balaban J connectivity index is 2.03. The first kappa shape index (κ1) is 27.7. The maximum absolute atomic E-state index is 13.0. The lowest BCUT2D eigenvalue weighted by molar-refractivity contribution is -0.137. The van der Waals surface area contributed by atoms with Crippen molar-refractivity contribution < 1.29 is 19.4 Å². The van der Waals surface area contributed by atoms with Gasteiger partial charge in [0.15, 0.2) is 0 Å². The van der Waals surface area contributed by atoms with E-state index < -0.39 is 11.9 Å². The summed E-state index contributed by atoms with van der Waals surface area (Å²) in [4.78, 5) is 26.4. The van der Waals surface area contributed by atoms with Crippen molar-refractivity contribution in [2.24, 2.45) is 5.84 Å². The molecule has 1 unspecified atom stereocenters. The fourth-order valence-electron chi connectivity index (χ4n) is 4.51. The van der Waals surface area contributed by atoms with Crippen molar-refractivity contribution in [1.82, 2.24) is 4.90 Å². The normalized spacial score (nSPS) is 19.3. The highest BCUT2D eigenvalue weighted by atomic mass is 16.5. The highest BCUT2D eigenvalue weighted by Crippen LogP contribution is 2.37. The number of nitrogens with zero attached hydrogens (tertiary/aromatic N) is 2. The first-order valence-corrected chi connectivity index (χ1v) is 12.2. The number of carboxylic acid groups (broad SMARTS) is 1. The van der Waals surface area contributed by atoms with Crippen LogP contribution in [0.25, 0.3) is 0 Å². The lowest BCUT2D eigenvalue weighted by atomic mass is 9.84. The summed E-state index contributed by atoms with van der Waals surface area (Å²) in [6.45, 7) is 11.6. The monoisotopic (exact) mass is 504 g/mol. The Bertz CT molecular complexity index is 1200. The van der Waals surface area contributed by atoms with Crippen LogP contribution in [-0.4, -0.2) is 48.6 Å². The Morgan fingerprint density at radius 2 is 1.95 bits per heavy atom. The van der Waals surface area contributed by atoms with Gasteiger partial charge in [0.25, 0.3) is 5.91 Å². The molecule has 4 bridgehead atoms. The average Bonchev–Trinajstić information content (AvgIpc) is 2.86. The summed E-state index contributed by atoms with van der Waals surface area (Å²) >= 11 is 0. The number of hydrogen-bond acceptors (Lipinski definition) is 6.